The first-order valence-corrected chi connectivity index (χ1v) is 8.81. The second-order valence-electron chi connectivity index (χ2n) is 6.60. The Morgan fingerprint density at radius 1 is 1.43 bits per heavy atom. The molecule has 1 unspecified atom stereocenters. The van der Waals surface area contributed by atoms with Crippen molar-refractivity contribution in [3.8, 4) is 5.75 Å². The molecule has 2 heterocycles. The molecule has 0 aromatic heterocycles. The van der Waals surface area contributed by atoms with E-state index >= 15 is 0 Å². The third kappa shape index (κ3) is 3.79. The van der Waals surface area contributed by atoms with Crippen molar-refractivity contribution in [3.05, 3.63) is 27.7 Å². The van der Waals surface area contributed by atoms with Gasteiger partial charge in [-0.1, -0.05) is 29.8 Å². The number of fused-ring (bicyclic) bond motifs is 1. The topological polar surface area (TPSA) is 24.5 Å². The van der Waals surface area contributed by atoms with Gasteiger partial charge in [-0.2, -0.15) is 0 Å². The van der Waals surface area contributed by atoms with Crippen LogP contribution < -0.4 is 10.1 Å². The van der Waals surface area contributed by atoms with E-state index in [1.165, 1.54) is 35.1 Å². The lowest BCUT2D eigenvalue weighted by molar-refractivity contribution is 0.300. The summed E-state index contributed by atoms with van der Waals surface area (Å²) in [5.41, 5.74) is 2.70. The normalized spacial score (nSPS) is 21.8. The Kier molecular flexibility index (Phi) is 4.87. The maximum absolute atomic E-state index is 5.84. The van der Waals surface area contributed by atoms with E-state index in [2.05, 4.69) is 52.1 Å². The maximum atomic E-state index is 5.84. The van der Waals surface area contributed by atoms with Crippen LogP contribution in [0, 0.1) is 5.92 Å². The largest absolute Gasteiger partial charge is 0.493 e. The third-order valence-corrected chi connectivity index (χ3v) is 4.86. The standard InChI is InChI=1S/C17H25BrN2O/c1-12(2)19-9-13-3-5-20(10-13)11-15-8-16(18)7-14-4-6-21-17(14)15/h7-8,12-13,19H,3-6,9-11H2,1-2H3. The van der Waals surface area contributed by atoms with Crippen molar-refractivity contribution in [1.82, 2.24) is 10.2 Å². The molecule has 21 heavy (non-hydrogen) atoms. The monoisotopic (exact) mass is 352 g/mol. The lowest BCUT2D eigenvalue weighted by atomic mass is 10.1. The SMILES string of the molecule is CC(C)NCC1CCN(Cc2cc(Br)cc3c2OCC3)C1. The van der Waals surface area contributed by atoms with Gasteiger partial charge in [-0.3, -0.25) is 4.90 Å². The predicted octanol–water partition coefficient (Wildman–Crippen LogP) is 3.20. The summed E-state index contributed by atoms with van der Waals surface area (Å²) in [6, 6.07) is 5.01. The van der Waals surface area contributed by atoms with Crippen LogP contribution in [0.5, 0.6) is 5.75 Å². The van der Waals surface area contributed by atoms with Crippen LogP contribution in [-0.2, 0) is 13.0 Å². The predicted molar refractivity (Wildman–Crippen MR) is 89.9 cm³/mol. The van der Waals surface area contributed by atoms with Gasteiger partial charge in [0.25, 0.3) is 0 Å². The van der Waals surface area contributed by atoms with Crippen molar-refractivity contribution in [1.29, 1.82) is 0 Å². The quantitative estimate of drug-likeness (QED) is 0.880. The van der Waals surface area contributed by atoms with Crippen molar-refractivity contribution in [2.75, 3.05) is 26.2 Å². The van der Waals surface area contributed by atoms with Gasteiger partial charge in [0, 0.05) is 35.6 Å². The van der Waals surface area contributed by atoms with Crippen molar-refractivity contribution >= 4 is 15.9 Å². The molecule has 4 heteroatoms. The summed E-state index contributed by atoms with van der Waals surface area (Å²) in [7, 11) is 0. The maximum Gasteiger partial charge on any atom is 0.127 e. The highest BCUT2D eigenvalue weighted by molar-refractivity contribution is 9.10. The summed E-state index contributed by atoms with van der Waals surface area (Å²) < 4.78 is 7.02. The summed E-state index contributed by atoms with van der Waals surface area (Å²) in [5, 5.41) is 3.56. The Balaban J connectivity index is 1.61. The van der Waals surface area contributed by atoms with Crippen molar-refractivity contribution in [2.45, 2.75) is 39.3 Å². The van der Waals surface area contributed by atoms with E-state index in [4.69, 9.17) is 4.74 Å². The van der Waals surface area contributed by atoms with E-state index in [0.717, 1.165) is 37.8 Å². The van der Waals surface area contributed by atoms with Gasteiger partial charge in [-0.25, -0.2) is 0 Å². The number of hydrogen-bond donors (Lipinski definition) is 1. The number of rotatable bonds is 5. The average Bonchev–Trinajstić information content (AvgIpc) is 3.05. The van der Waals surface area contributed by atoms with Crippen LogP contribution in [0.15, 0.2) is 16.6 Å². The number of nitrogens with zero attached hydrogens (tertiary/aromatic N) is 1. The Labute approximate surface area is 136 Å². The summed E-state index contributed by atoms with van der Waals surface area (Å²) >= 11 is 3.63. The minimum atomic E-state index is 0.584. The smallest absolute Gasteiger partial charge is 0.127 e. The molecule has 1 saturated heterocycles. The first kappa shape index (κ1) is 15.3. The highest BCUT2D eigenvalue weighted by atomic mass is 79.9. The molecule has 1 atom stereocenters. The molecular weight excluding hydrogens is 328 g/mol. The minimum Gasteiger partial charge on any atom is -0.493 e. The van der Waals surface area contributed by atoms with Gasteiger partial charge in [-0.05, 0) is 43.1 Å². The van der Waals surface area contributed by atoms with Gasteiger partial charge in [0.1, 0.15) is 5.75 Å². The molecular formula is C17H25BrN2O. The van der Waals surface area contributed by atoms with Crippen LogP contribution >= 0.6 is 15.9 Å². The highest BCUT2D eigenvalue weighted by Crippen LogP contribution is 2.34. The van der Waals surface area contributed by atoms with Gasteiger partial charge in [0.15, 0.2) is 0 Å². The average molecular weight is 353 g/mol. The Hall–Kier alpha value is -0.580. The van der Waals surface area contributed by atoms with Crippen LogP contribution in [-0.4, -0.2) is 37.2 Å². The molecule has 1 fully saturated rings. The Bertz CT molecular complexity index is 504. The lowest BCUT2D eigenvalue weighted by Gasteiger charge is -2.19. The van der Waals surface area contributed by atoms with E-state index in [-0.39, 0.29) is 0 Å². The number of nitrogens with one attached hydrogen (secondary N) is 1. The molecule has 0 aliphatic carbocycles. The second-order valence-corrected chi connectivity index (χ2v) is 7.52. The molecule has 0 saturated carbocycles. The fourth-order valence-corrected chi connectivity index (χ4v) is 3.88. The van der Waals surface area contributed by atoms with Crippen molar-refractivity contribution in [2.24, 2.45) is 5.92 Å². The van der Waals surface area contributed by atoms with E-state index in [0.29, 0.717) is 6.04 Å². The highest BCUT2D eigenvalue weighted by Gasteiger charge is 2.25. The molecule has 0 spiro atoms. The van der Waals surface area contributed by atoms with Crippen molar-refractivity contribution in [3.63, 3.8) is 0 Å². The van der Waals surface area contributed by atoms with Crippen LogP contribution in [0.2, 0.25) is 0 Å². The molecule has 2 aliphatic heterocycles. The molecule has 2 aliphatic rings. The van der Waals surface area contributed by atoms with Gasteiger partial charge in [0.05, 0.1) is 6.61 Å². The van der Waals surface area contributed by atoms with Gasteiger partial charge >= 0.3 is 0 Å². The number of ether oxygens (including phenoxy) is 1. The number of benzene rings is 1. The molecule has 0 radical (unpaired) electrons. The molecule has 116 valence electrons. The molecule has 0 amide bonds. The van der Waals surface area contributed by atoms with E-state index < -0.39 is 0 Å². The van der Waals surface area contributed by atoms with E-state index in [1.807, 2.05) is 0 Å². The molecule has 1 aromatic carbocycles. The van der Waals surface area contributed by atoms with E-state index in [1.54, 1.807) is 0 Å². The molecule has 3 rings (SSSR count). The Morgan fingerprint density at radius 3 is 3.10 bits per heavy atom. The van der Waals surface area contributed by atoms with Crippen LogP contribution in [0.25, 0.3) is 0 Å². The first-order valence-electron chi connectivity index (χ1n) is 8.01. The summed E-state index contributed by atoms with van der Waals surface area (Å²) in [4.78, 5) is 2.57. The fraction of sp³-hybridized carbons (Fsp3) is 0.647. The summed E-state index contributed by atoms with van der Waals surface area (Å²) in [5.74, 6) is 1.93. The molecule has 3 nitrogen and oxygen atoms in total. The fourth-order valence-electron chi connectivity index (χ4n) is 3.33. The van der Waals surface area contributed by atoms with Crippen LogP contribution in [0.1, 0.15) is 31.4 Å². The number of likely N-dealkylation sites (tertiary alicyclic amines) is 1. The van der Waals surface area contributed by atoms with E-state index in [9.17, 15) is 0 Å². The number of hydrogen-bond acceptors (Lipinski definition) is 3. The zero-order valence-corrected chi connectivity index (χ0v) is 14.6. The van der Waals surface area contributed by atoms with Crippen molar-refractivity contribution < 1.29 is 4.74 Å². The minimum absolute atomic E-state index is 0.584. The Morgan fingerprint density at radius 2 is 2.29 bits per heavy atom. The summed E-state index contributed by atoms with van der Waals surface area (Å²) in [6.45, 7) is 9.82. The molecule has 1 N–H and O–H groups in total. The molecule has 0 bridgehead atoms. The van der Waals surface area contributed by atoms with Gasteiger partial charge < -0.3 is 10.1 Å². The first-order chi connectivity index (χ1) is 10.1. The van der Waals surface area contributed by atoms with Gasteiger partial charge in [-0.15, -0.1) is 0 Å². The zero-order chi connectivity index (χ0) is 14.8. The molecule has 1 aromatic rings. The lowest BCUT2D eigenvalue weighted by Crippen LogP contribution is -2.30. The zero-order valence-electron chi connectivity index (χ0n) is 13.0. The summed E-state index contributed by atoms with van der Waals surface area (Å²) in [6.07, 6.45) is 2.35. The van der Waals surface area contributed by atoms with Crippen LogP contribution in [0.4, 0.5) is 0 Å². The third-order valence-electron chi connectivity index (χ3n) is 4.40. The second kappa shape index (κ2) is 6.67. The van der Waals surface area contributed by atoms with Gasteiger partial charge in [0.2, 0.25) is 0 Å². The van der Waals surface area contributed by atoms with Crippen LogP contribution in [0.3, 0.4) is 0 Å². The number of halogens is 1.